The summed E-state index contributed by atoms with van der Waals surface area (Å²) in [5, 5.41) is 16.5. The summed E-state index contributed by atoms with van der Waals surface area (Å²) in [6.07, 6.45) is 1.93. The lowest BCUT2D eigenvalue weighted by Crippen LogP contribution is -2.45. The quantitative estimate of drug-likeness (QED) is 0.779. The fraction of sp³-hybridized carbons (Fsp3) is 0.727. The topological polar surface area (TPSA) is 82.1 Å². The number of aromatic nitrogens is 3. The van der Waals surface area contributed by atoms with Crippen LogP contribution in [0.3, 0.4) is 0 Å². The van der Waals surface area contributed by atoms with Crippen molar-refractivity contribution in [1.82, 2.24) is 20.1 Å². The number of H-pyrrole nitrogens is 1. The minimum Gasteiger partial charge on any atom is -0.390 e. The van der Waals surface area contributed by atoms with Gasteiger partial charge in [-0.3, -0.25) is 9.89 Å². The Bertz CT molecular complexity index is 403. The van der Waals surface area contributed by atoms with Gasteiger partial charge in [-0.05, 0) is 19.8 Å². The molecule has 0 saturated carbocycles. The molecule has 0 radical (unpaired) electrons. The van der Waals surface area contributed by atoms with Crippen LogP contribution in [0.4, 0.5) is 0 Å². The number of carbonyl (C=O) groups is 1. The summed E-state index contributed by atoms with van der Waals surface area (Å²) in [5.41, 5.74) is -0.648. The van der Waals surface area contributed by atoms with E-state index in [9.17, 15) is 9.90 Å². The molecule has 6 heteroatoms. The van der Waals surface area contributed by atoms with Crippen molar-refractivity contribution in [2.45, 2.75) is 38.7 Å². The molecule has 94 valence electrons. The van der Waals surface area contributed by atoms with Crippen molar-refractivity contribution in [3.05, 3.63) is 11.6 Å². The molecule has 1 aliphatic heterocycles. The summed E-state index contributed by atoms with van der Waals surface area (Å²) in [4.78, 5) is 17.9. The maximum absolute atomic E-state index is 12.0. The number of rotatable bonds is 2. The highest BCUT2D eigenvalue weighted by Crippen LogP contribution is 2.21. The van der Waals surface area contributed by atoms with Gasteiger partial charge in [-0.25, -0.2) is 4.98 Å². The minimum absolute atomic E-state index is 0.156. The number of aryl methyl sites for hydroxylation is 1. The normalized spacial score (nSPS) is 19.4. The van der Waals surface area contributed by atoms with Crippen LogP contribution in [-0.4, -0.2) is 49.8 Å². The van der Waals surface area contributed by atoms with E-state index < -0.39 is 5.60 Å². The molecule has 2 N–H and O–H groups in total. The zero-order valence-electron chi connectivity index (χ0n) is 10.2. The van der Waals surface area contributed by atoms with Gasteiger partial charge in [-0.15, -0.1) is 5.10 Å². The Morgan fingerprint density at radius 2 is 2.18 bits per heavy atom. The first-order valence-electron chi connectivity index (χ1n) is 5.95. The second kappa shape index (κ2) is 4.44. The monoisotopic (exact) mass is 238 g/mol. The smallest absolute Gasteiger partial charge is 0.293 e. The largest absolute Gasteiger partial charge is 0.390 e. The highest BCUT2D eigenvalue weighted by atomic mass is 16.3. The maximum atomic E-state index is 12.0. The van der Waals surface area contributed by atoms with E-state index in [2.05, 4.69) is 15.2 Å². The number of hydrogen-bond donors (Lipinski definition) is 2. The third kappa shape index (κ3) is 2.63. The molecule has 0 spiro atoms. The van der Waals surface area contributed by atoms with Crippen molar-refractivity contribution >= 4 is 5.91 Å². The number of nitrogens with zero attached hydrogens (tertiary/aromatic N) is 3. The van der Waals surface area contributed by atoms with Gasteiger partial charge in [0.15, 0.2) is 0 Å². The Morgan fingerprint density at radius 3 is 2.71 bits per heavy atom. The molecule has 1 amide bonds. The number of carbonyl (C=O) groups excluding carboxylic acids is 1. The van der Waals surface area contributed by atoms with Gasteiger partial charge in [0, 0.05) is 19.5 Å². The molecule has 1 aromatic heterocycles. The Hall–Kier alpha value is -1.43. The van der Waals surface area contributed by atoms with Crippen LogP contribution in [0.2, 0.25) is 0 Å². The number of likely N-dealkylation sites (tertiary alicyclic amines) is 1. The first kappa shape index (κ1) is 12.0. The van der Waals surface area contributed by atoms with E-state index in [1.165, 1.54) is 0 Å². The summed E-state index contributed by atoms with van der Waals surface area (Å²) in [6.45, 7) is 4.87. The van der Waals surface area contributed by atoms with E-state index in [0.29, 0.717) is 25.9 Å². The first-order valence-corrected chi connectivity index (χ1v) is 5.95. The Balaban J connectivity index is 2.01. The van der Waals surface area contributed by atoms with E-state index in [-0.39, 0.29) is 11.7 Å². The molecule has 1 aromatic rings. The molecule has 0 atom stereocenters. The highest BCUT2D eigenvalue weighted by Gasteiger charge is 2.31. The predicted octanol–water partition coefficient (Wildman–Crippen LogP) is 0.354. The van der Waals surface area contributed by atoms with Crippen molar-refractivity contribution in [3.8, 4) is 0 Å². The van der Waals surface area contributed by atoms with Gasteiger partial charge in [0.2, 0.25) is 5.82 Å². The van der Waals surface area contributed by atoms with Gasteiger partial charge in [-0.2, -0.15) is 0 Å². The van der Waals surface area contributed by atoms with Crippen LogP contribution in [0.25, 0.3) is 0 Å². The van der Waals surface area contributed by atoms with Crippen LogP contribution in [0.15, 0.2) is 0 Å². The second-order valence-corrected chi connectivity index (χ2v) is 4.75. The molecule has 1 aliphatic rings. The van der Waals surface area contributed by atoms with Crippen molar-refractivity contribution < 1.29 is 9.90 Å². The summed E-state index contributed by atoms with van der Waals surface area (Å²) in [6, 6.07) is 0. The van der Waals surface area contributed by atoms with Crippen molar-refractivity contribution in [1.29, 1.82) is 0 Å². The second-order valence-electron chi connectivity index (χ2n) is 4.75. The number of aromatic amines is 1. The van der Waals surface area contributed by atoms with Gasteiger partial charge < -0.3 is 10.0 Å². The molecule has 1 fully saturated rings. The molecule has 0 bridgehead atoms. The standard InChI is InChI=1S/C11H18N4O2/c1-3-8-12-9(14-13-8)10(16)15-6-4-11(2,17)5-7-15/h17H,3-7H2,1-2H3,(H,12,13,14). The van der Waals surface area contributed by atoms with Gasteiger partial charge in [-0.1, -0.05) is 6.92 Å². The number of hydrogen-bond acceptors (Lipinski definition) is 4. The number of nitrogens with one attached hydrogen (secondary N) is 1. The van der Waals surface area contributed by atoms with Gasteiger partial charge in [0.25, 0.3) is 5.91 Å². The van der Waals surface area contributed by atoms with Crippen molar-refractivity contribution in [3.63, 3.8) is 0 Å². The first-order chi connectivity index (χ1) is 8.02. The van der Waals surface area contributed by atoms with Gasteiger partial charge in [0.1, 0.15) is 5.82 Å². The van der Waals surface area contributed by atoms with E-state index >= 15 is 0 Å². The van der Waals surface area contributed by atoms with E-state index in [0.717, 1.165) is 12.2 Å². The molecule has 17 heavy (non-hydrogen) atoms. The highest BCUT2D eigenvalue weighted by molar-refractivity contribution is 5.90. The molecule has 0 unspecified atom stereocenters. The third-order valence-electron chi connectivity index (χ3n) is 3.19. The van der Waals surface area contributed by atoms with E-state index in [1.54, 1.807) is 11.8 Å². The van der Waals surface area contributed by atoms with Crippen molar-refractivity contribution in [2.75, 3.05) is 13.1 Å². The van der Waals surface area contributed by atoms with Crippen LogP contribution in [0.1, 0.15) is 43.1 Å². The van der Waals surface area contributed by atoms with E-state index in [1.807, 2.05) is 6.92 Å². The SMILES string of the molecule is CCc1nc(C(=O)N2CCC(C)(O)CC2)n[nH]1. The van der Waals surface area contributed by atoms with Crippen molar-refractivity contribution in [2.24, 2.45) is 0 Å². The fourth-order valence-electron chi connectivity index (χ4n) is 1.88. The molecular weight excluding hydrogens is 220 g/mol. The Kier molecular flexibility index (Phi) is 3.15. The maximum Gasteiger partial charge on any atom is 0.293 e. The summed E-state index contributed by atoms with van der Waals surface area (Å²) in [5.74, 6) is 0.789. The molecule has 6 nitrogen and oxygen atoms in total. The number of piperidine rings is 1. The zero-order chi connectivity index (χ0) is 12.5. The number of aliphatic hydroxyl groups is 1. The Morgan fingerprint density at radius 1 is 1.53 bits per heavy atom. The summed E-state index contributed by atoms with van der Waals surface area (Å²) >= 11 is 0. The average Bonchev–Trinajstić information content (AvgIpc) is 2.76. The molecule has 1 saturated heterocycles. The summed E-state index contributed by atoms with van der Waals surface area (Å²) in [7, 11) is 0. The van der Waals surface area contributed by atoms with Crippen LogP contribution in [-0.2, 0) is 6.42 Å². The van der Waals surface area contributed by atoms with Gasteiger partial charge >= 0.3 is 0 Å². The summed E-state index contributed by atoms with van der Waals surface area (Å²) < 4.78 is 0. The van der Waals surface area contributed by atoms with E-state index in [4.69, 9.17) is 0 Å². The van der Waals surface area contributed by atoms with Crippen LogP contribution in [0.5, 0.6) is 0 Å². The fourth-order valence-corrected chi connectivity index (χ4v) is 1.88. The lowest BCUT2D eigenvalue weighted by molar-refractivity contribution is -0.00236. The lowest BCUT2D eigenvalue weighted by Gasteiger charge is -2.35. The lowest BCUT2D eigenvalue weighted by atomic mass is 9.94. The Labute approximate surface area is 100 Å². The molecule has 0 aliphatic carbocycles. The van der Waals surface area contributed by atoms with Gasteiger partial charge in [0.05, 0.1) is 5.60 Å². The molecule has 2 rings (SSSR count). The number of amides is 1. The van der Waals surface area contributed by atoms with Crippen LogP contribution >= 0.6 is 0 Å². The molecular formula is C11H18N4O2. The van der Waals surface area contributed by atoms with Crippen LogP contribution in [0, 0.1) is 0 Å². The average molecular weight is 238 g/mol. The third-order valence-corrected chi connectivity index (χ3v) is 3.19. The molecule has 2 heterocycles. The van der Waals surface area contributed by atoms with Crippen LogP contribution < -0.4 is 0 Å². The molecule has 0 aromatic carbocycles. The predicted molar refractivity (Wildman–Crippen MR) is 61.5 cm³/mol. The zero-order valence-corrected chi connectivity index (χ0v) is 10.2. The minimum atomic E-state index is -0.648.